The van der Waals surface area contributed by atoms with Crippen LogP contribution in [0.15, 0.2) is 48.5 Å². The highest BCUT2D eigenvalue weighted by Crippen LogP contribution is 2.16. The molecule has 3 aromatic rings. The molecular formula is C21H22FN3O2. The van der Waals surface area contributed by atoms with E-state index in [0.29, 0.717) is 25.1 Å². The molecule has 0 radical (unpaired) electrons. The van der Waals surface area contributed by atoms with Crippen LogP contribution >= 0.6 is 0 Å². The third kappa shape index (κ3) is 4.73. The van der Waals surface area contributed by atoms with Crippen molar-refractivity contribution < 1.29 is 13.9 Å². The highest BCUT2D eigenvalue weighted by molar-refractivity contribution is 5.91. The van der Waals surface area contributed by atoms with Gasteiger partial charge in [0.05, 0.1) is 17.6 Å². The van der Waals surface area contributed by atoms with Gasteiger partial charge >= 0.3 is 0 Å². The minimum Gasteiger partial charge on any atom is -0.494 e. The molecule has 1 amide bonds. The average Bonchev–Trinajstić information content (AvgIpc) is 2.96. The molecule has 2 aromatic carbocycles. The summed E-state index contributed by atoms with van der Waals surface area (Å²) in [6.45, 7) is 3.01. The van der Waals surface area contributed by atoms with Crippen molar-refractivity contribution in [2.24, 2.45) is 7.05 Å². The fourth-order valence-electron chi connectivity index (χ4n) is 2.82. The molecule has 3 rings (SSSR count). The number of hydrogen-bond donors (Lipinski definition) is 1. The third-order valence-electron chi connectivity index (χ3n) is 4.20. The van der Waals surface area contributed by atoms with Crippen molar-refractivity contribution >= 4 is 23.0 Å². The maximum atomic E-state index is 13.3. The number of halogens is 1. The molecule has 1 aromatic heterocycles. The van der Waals surface area contributed by atoms with E-state index in [9.17, 15) is 9.18 Å². The molecule has 5 nitrogen and oxygen atoms in total. The quantitative estimate of drug-likeness (QED) is 0.651. The number of rotatable bonds is 7. The van der Waals surface area contributed by atoms with Crippen LogP contribution in [0.5, 0.6) is 5.75 Å². The first-order chi connectivity index (χ1) is 13.1. The van der Waals surface area contributed by atoms with Crippen molar-refractivity contribution in [3.8, 4) is 5.75 Å². The number of fused-ring (bicyclic) bond motifs is 1. The number of nitrogens with one attached hydrogen (secondary N) is 1. The van der Waals surface area contributed by atoms with Gasteiger partial charge in [-0.1, -0.05) is 12.1 Å². The van der Waals surface area contributed by atoms with Gasteiger partial charge < -0.3 is 14.6 Å². The van der Waals surface area contributed by atoms with Gasteiger partial charge in [-0.15, -0.1) is 0 Å². The monoisotopic (exact) mass is 367 g/mol. The van der Waals surface area contributed by atoms with Crippen LogP contribution in [0.4, 0.5) is 4.39 Å². The van der Waals surface area contributed by atoms with E-state index in [2.05, 4.69) is 10.3 Å². The number of hydrogen-bond acceptors (Lipinski definition) is 3. The molecule has 0 fully saturated rings. The molecule has 0 saturated carbocycles. The summed E-state index contributed by atoms with van der Waals surface area (Å²) in [5, 5.41) is 2.84. The Morgan fingerprint density at radius 2 is 2.04 bits per heavy atom. The molecule has 1 heterocycles. The second kappa shape index (κ2) is 8.49. The number of carbonyl (C=O) groups excluding carboxylic acids is 1. The predicted molar refractivity (Wildman–Crippen MR) is 104 cm³/mol. The van der Waals surface area contributed by atoms with Crippen LogP contribution in [0, 0.1) is 5.82 Å². The number of aromatic nitrogens is 2. The summed E-state index contributed by atoms with van der Waals surface area (Å²) in [5.74, 6) is 1.13. The molecule has 0 saturated heterocycles. The zero-order chi connectivity index (χ0) is 19.2. The maximum absolute atomic E-state index is 13.3. The first-order valence-electron chi connectivity index (χ1n) is 8.86. The van der Waals surface area contributed by atoms with Gasteiger partial charge in [-0.05, 0) is 42.8 Å². The summed E-state index contributed by atoms with van der Waals surface area (Å²) in [7, 11) is 1.89. The molecule has 1 N–H and O–H groups in total. The lowest BCUT2D eigenvalue weighted by Gasteiger charge is -2.04. The molecule has 0 bridgehead atoms. The van der Waals surface area contributed by atoms with Crippen molar-refractivity contribution in [1.82, 2.24) is 14.9 Å². The Hall–Kier alpha value is -3.15. The number of carbonyl (C=O) groups is 1. The van der Waals surface area contributed by atoms with Gasteiger partial charge in [0.1, 0.15) is 17.4 Å². The lowest BCUT2D eigenvalue weighted by Crippen LogP contribution is -2.24. The molecule has 0 unspecified atom stereocenters. The fraction of sp³-hybridized carbons (Fsp3) is 0.238. The standard InChI is InChI=1S/C21H22FN3O2/c1-3-27-17-8-4-15(5-9-17)6-11-21(26)23-13-12-20-24-18-14-16(22)7-10-19(18)25(20)2/h4-11,14H,3,12-13H2,1-2H3,(H,23,26). The van der Waals surface area contributed by atoms with Gasteiger partial charge in [-0.3, -0.25) is 4.79 Å². The molecule has 0 aliphatic rings. The van der Waals surface area contributed by atoms with E-state index in [4.69, 9.17) is 4.74 Å². The van der Waals surface area contributed by atoms with E-state index < -0.39 is 0 Å². The zero-order valence-electron chi connectivity index (χ0n) is 15.4. The number of amides is 1. The van der Waals surface area contributed by atoms with Crippen LogP contribution in [0.3, 0.4) is 0 Å². The molecule has 6 heteroatoms. The highest BCUT2D eigenvalue weighted by Gasteiger charge is 2.08. The second-order valence-electron chi connectivity index (χ2n) is 6.10. The Bertz CT molecular complexity index is 961. The summed E-state index contributed by atoms with van der Waals surface area (Å²) < 4.78 is 20.6. The van der Waals surface area contributed by atoms with Crippen molar-refractivity contribution in [3.63, 3.8) is 0 Å². The summed E-state index contributed by atoms with van der Waals surface area (Å²) in [6, 6.07) is 12.1. The van der Waals surface area contributed by atoms with Crippen LogP contribution in [0.2, 0.25) is 0 Å². The summed E-state index contributed by atoms with van der Waals surface area (Å²) >= 11 is 0. The van der Waals surface area contributed by atoms with Crippen molar-refractivity contribution in [2.45, 2.75) is 13.3 Å². The molecular weight excluding hydrogens is 345 g/mol. The number of ether oxygens (including phenoxy) is 1. The summed E-state index contributed by atoms with van der Waals surface area (Å²) in [5.41, 5.74) is 2.41. The van der Waals surface area contributed by atoms with Gasteiger partial charge in [0.25, 0.3) is 0 Å². The molecule has 140 valence electrons. The van der Waals surface area contributed by atoms with Gasteiger partial charge in [0.15, 0.2) is 0 Å². The maximum Gasteiger partial charge on any atom is 0.244 e. The van der Waals surface area contributed by atoms with Gasteiger partial charge in [0, 0.05) is 32.2 Å². The fourth-order valence-corrected chi connectivity index (χ4v) is 2.82. The van der Waals surface area contributed by atoms with Crippen molar-refractivity contribution in [2.75, 3.05) is 13.2 Å². The van der Waals surface area contributed by atoms with Crippen LogP contribution in [-0.2, 0) is 18.3 Å². The normalized spacial score (nSPS) is 11.2. The number of aryl methyl sites for hydroxylation is 1. The second-order valence-corrected chi connectivity index (χ2v) is 6.10. The van der Waals surface area contributed by atoms with Gasteiger partial charge in [-0.25, -0.2) is 9.37 Å². The Kier molecular flexibility index (Phi) is 5.86. The minimum absolute atomic E-state index is 0.173. The van der Waals surface area contributed by atoms with E-state index >= 15 is 0 Å². The molecule has 0 aliphatic heterocycles. The zero-order valence-corrected chi connectivity index (χ0v) is 15.4. The highest BCUT2D eigenvalue weighted by atomic mass is 19.1. The molecule has 0 atom stereocenters. The lowest BCUT2D eigenvalue weighted by atomic mass is 10.2. The summed E-state index contributed by atoms with van der Waals surface area (Å²) in [4.78, 5) is 16.4. The topological polar surface area (TPSA) is 56.1 Å². The van der Waals surface area contributed by atoms with E-state index in [1.807, 2.05) is 42.8 Å². The van der Waals surface area contributed by atoms with Crippen LogP contribution < -0.4 is 10.1 Å². The van der Waals surface area contributed by atoms with Gasteiger partial charge in [-0.2, -0.15) is 0 Å². The van der Waals surface area contributed by atoms with Crippen LogP contribution in [0.1, 0.15) is 18.3 Å². The Balaban J connectivity index is 1.53. The number of imidazole rings is 1. The van der Waals surface area contributed by atoms with Crippen LogP contribution in [-0.4, -0.2) is 28.6 Å². The molecule has 0 aliphatic carbocycles. The summed E-state index contributed by atoms with van der Waals surface area (Å²) in [6.07, 6.45) is 3.82. The Morgan fingerprint density at radius 1 is 1.26 bits per heavy atom. The Morgan fingerprint density at radius 3 is 2.78 bits per heavy atom. The van der Waals surface area contributed by atoms with Crippen LogP contribution in [0.25, 0.3) is 17.1 Å². The first kappa shape index (κ1) is 18.6. The van der Waals surface area contributed by atoms with Crippen molar-refractivity contribution in [1.29, 1.82) is 0 Å². The van der Waals surface area contributed by atoms with E-state index in [-0.39, 0.29) is 11.7 Å². The smallest absolute Gasteiger partial charge is 0.244 e. The van der Waals surface area contributed by atoms with E-state index in [0.717, 1.165) is 22.7 Å². The van der Waals surface area contributed by atoms with Gasteiger partial charge in [0.2, 0.25) is 5.91 Å². The van der Waals surface area contributed by atoms with E-state index in [1.54, 1.807) is 12.1 Å². The lowest BCUT2D eigenvalue weighted by molar-refractivity contribution is -0.116. The molecule has 0 spiro atoms. The largest absolute Gasteiger partial charge is 0.494 e. The number of benzene rings is 2. The van der Waals surface area contributed by atoms with E-state index in [1.165, 1.54) is 18.2 Å². The number of nitrogens with zero attached hydrogens (tertiary/aromatic N) is 2. The Labute approximate surface area is 157 Å². The minimum atomic E-state index is -0.306. The average molecular weight is 367 g/mol. The van der Waals surface area contributed by atoms with Crippen molar-refractivity contribution in [3.05, 3.63) is 65.7 Å². The molecule has 27 heavy (non-hydrogen) atoms. The third-order valence-corrected chi connectivity index (χ3v) is 4.20. The predicted octanol–water partition coefficient (Wildman–Crippen LogP) is 3.48. The SMILES string of the molecule is CCOc1ccc(C=CC(=O)NCCc2nc3cc(F)ccc3n2C)cc1. The first-order valence-corrected chi connectivity index (χ1v) is 8.86.